The molecule has 5 nitrogen and oxygen atoms in total. The Kier molecular flexibility index (Phi) is 6.75. The van der Waals surface area contributed by atoms with E-state index in [2.05, 4.69) is 51.2 Å². The van der Waals surface area contributed by atoms with Crippen molar-refractivity contribution in [1.29, 1.82) is 0 Å². The number of fused-ring (bicyclic) bond motifs is 3. The SMILES string of the molecule is CC(C)c1ccc2c(c1)CCC1C(C)(CNC(=O)COC(=O)c3ccc(N)cc3)CCCC21C. The Bertz CT molecular complexity index is 1060. The van der Waals surface area contributed by atoms with E-state index in [1.807, 2.05) is 0 Å². The van der Waals surface area contributed by atoms with Gasteiger partial charge in [0.2, 0.25) is 0 Å². The lowest BCUT2D eigenvalue weighted by Crippen LogP contribution is -2.53. The molecule has 2 aromatic carbocycles. The van der Waals surface area contributed by atoms with Gasteiger partial charge in [-0.1, -0.05) is 52.3 Å². The standard InChI is InChI=1S/C29H38N2O3/c1-19(2)21-8-12-24-22(16-21)9-13-25-28(3,14-5-15-29(24,25)4)18-31-26(32)17-34-27(33)20-6-10-23(30)11-7-20/h6-8,10-12,16,19,25H,5,9,13-15,17-18,30H2,1-4H3,(H,31,32). The second-order valence-corrected chi connectivity index (χ2v) is 11.1. The quantitative estimate of drug-likeness (QED) is 0.446. The van der Waals surface area contributed by atoms with E-state index in [1.54, 1.807) is 24.3 Å². The topological polar surface area (TPSA) is 81.4 Å². The zero-order valence-corrected chi connectivity index (χ0v) is 20.9. The fourth-order valence-corrected chi connectivity index (χ4v) is 6.40. The number of nitrogens with two attached hydrogens (primary N) is 1. The van der Waals surface area contributed by atoms with Gasteiger partial charge in [0, 0.05) is 12.2 Å². The zero-order chi connectivity index (χ0) is 24.5. The van der Waals surface area contributed by atoms with Crippen molar-refractivity contribution in [3.63, 3.8) is 0 Å². The molecule has 1 fully saturated rings. The molecular weight excluding hydrogens is 424 g/mol. The summed E-state index contributed by atoms with van der Waals surface area (Å²) in [6.07, 6.45) is 5.67. The van der Waals surface area contributed by atoms with Gasteiger partial charge in [0.25, 0.3) is 5.91 Å². The van der Waals surface area contributed by atoms with Crippen molar-refractivity contribution < 1.29 is 14.3 Å². The number of nitrogen functional groups attached to an aromatic ring is 1. The second-order valence-electron chi connectivity index (χ2n) is 11.1. The number of carbonyl (C=O) groups excluding carboxylic acids is 2. The van der Waals surface area contributed by atoms with Crippen LogP contribution in [-0.4, -0.2) is 25.0 Å². The van der Waals surface area contributed by atoms with Gasteiger partial charge in [-0.25, -0.2) is 4.79 Å². The molecule has 5 heteroatoms. The number of rotatable bonds is 6. The lowest BCUT2D eigenvalue weighted by Gasteiger charge is -2.55. The van der Waals surface area contributed by atoms with Crippen LogP contribution in [0.1, 0.15) is 86.3 Å². The number of benzene rings is 2. The molecule has 3 atom stereocenters. The van der Waals surface area contributed by atoms with Crippen LogP contribution in [0, 0.1) is 11.3 Å². The molecule has 4 rings (SSSR count). The fraction of sp³-hybridized carbons (Fsp3) is 0.517. The maximum absolute atomic E-state index is 12.5. The average Bonchev–Trinajstić information content (AvgIpc) is 2.81. The van der Waals surface area contributed by atoms with E-state index in [4.69, 9.17) is 10.5 Å². The molecule has 2 aliphatic rings. The molecule has 0 bridgehead atoms. The first kappa shape index (κ1) is 24.3. The van der Waals surface area contributed by atoms with Crippen LogP contribution in [0.5, 0.6) is 0 Å². The third-order valence-electron chi connectivity index (χ3n) is 8.34. The second kappa shape index (κ2) is 9.44. The first-order valence-electron chi connectivity index (χ1n) is 12.5. The fourth-order valence-electron chi connectivity index (χ4n) is 6.40. The Morgan fingerprint density at radius 2 is 1.85 bits per heavy atom. The van der Waals surface area contributed by atoms with E-state index >= 15 is 0 Å². The normalized spacial score (nSPS) is 25.9. The van der Waals surface area contributed by atoms with E-state index in [-0.39, 0.29) is 23.3 Å². The van der Waals surface area contributed by atoms with Gasteiger partial charge in [-0.3, -0.25) is 4.79 Å². The van der Waals surface area contributed by atoms with Crippen molar-refractivity contribution in [3.8, 4) is 0 Å². The van der Waals surface area contributed by atoms with Crippen LogP contribution in [0.3, 0.4) is 0 Å². The van der Waals surface area contributed by atoms with Gasteiger partial charge in [0.05, 0.1) is 5.56 Å². The number of anilines is 1. The van der Waals surface area contributed by atoms with Gasteiger partial charge >= 0.3 is 5.97 Å². The number of ether oxygens (including phenoxy) is 1. The summed E-state index contributed by atoms with van der Waals surface area (Å²) in [7, 11) is 0. The summed E-state index contributed by atoms with van der Waals surface area (Å²) in [5.74, 6) is 0.270. The van der Waals surface area contributed by atoms with Crippen LogP contribution in [0.2, 0.25) is 0 Å². The van der Waals surface area contributed by atoms with Gasteiger partial charge in [-0.05, 0) is 89.3 Å². The molecule has 0 spiro atoms. The van der Waals surface area contributed by atoms with Crippen molar-refractivity contribution in [2.45, 2.75) is 71.1 Å². The molecular formula is C29H38N2O3. The summed E-state index contributed by atoms with van der Waals surface area (Å²) in [4.78, 5) is 24.7. The Hall–Kier alpha value is -2.82. The maximum Gasteiger partial charge on any atom is 0.338 e. The number of hydrogen-bond acceptors (Lipinski definition) is 4. The summed E-state index contributed by atoms with van der Waals surface area (Å²) in [6.45, 7) is 9.58. The Morgan fingerprint density at radius 3 is 2.56 bits per heavy atom. The van der Waals surface area contributed by atoms with E-state index in [0.29, 0.717) is 29.6 Å². The molecule has 34 heavy (non-hydrogen) atoms. The number of nitrogens with one attached hydrogen (secondary N) is 1. The Balaban J connectivity index is 1.40. The molecule has 3 N–H and O–H groups in total. The maximum atomic E-state index is 12.5. The highest BCUT2D eigenvalue weighted by Gasteiger charge is 2.51. The molecule has 0 radical (unpaired) electrons. The largest absolute Gasteiger partial charge is 0.452 e. The minimum Gasteiger partial charge on any atom is -0.452 e. The summed E-state index contributed by atoms with van der Waals surface area (Å²) in [5, 5.41) is 3.07. The highest BCUT2D eigenvalue weighted by atomic mass is 16.5. The lowest BCUT2D eigenvalue weighted by atomic mass is 9.49. The number of hydrogen-bond donors (Lipinski definition) is 2. The van der Waals surface area contributed by atoms with Crippen LogP contribution in [0.15, 0.2) is 42.5 Å². The molecule has 3 unspecified atom stereocenters. The summed E-state index contributed by atoms with van der Waals surface area (Å²) >= 11 is 0. The van der Waals surface area contributed by atoms with Crippen LogP contribution < -0.4 is 11.1 Å². The van der Waals surface area contributed by atoms with Crippen molar-refractivity contribution >= 4 is 17.6 Å². The van der Waals surface area contributed by atoms with Crippen LogP contribution in [0.25, 0.3) is 0 Å². The van der Waals surface area contributed by atoms with Crippen molar-refractivity contribution in [3.05, 3.63) is 64.7 Å². The number of carbonyl (C=O) groups is 2. The van der Waals surface area contributed by atoms with Crippen LogP contribution in [-0.2, 0) is 21.4 Å². The highest BCUT2D eigenvalue weighted by Crippen LogP contribution is 2.57. The number of esters is 1. The van der Waals surface area contributed by atoms with E-state index in [9.17, 15) is 9.59 Å². The first-order chi connectivity index (χ1) is 16.1. The molecule has 2 aliphatic carbocycles. The Labute approximate surface area is 203 Å². The predicted molar refractivity (Wildman–Crippen MR) is 136 cm³/mol. The van der Waals surface area contributed by atoms with Gasteiger partial charge in [0.15, 0.2) is 6.61 Å². The van der Waals surface area contributed by atoms with Crippen molar-refractivity contribution in [2.24, 2.45) is 11.3 Å². The minimum absolute atomic E-state index is 0.0119. The van der Waals surface area contributed by atoms with Gasteiger partial charge in [-0.2, -0.15) is 0 Å². The smallest absolute Gasteiger partial charge is 0.338 e. The summed E-state index contributed by atoms with van der Waals surface area (Å²) in [6, 6.07) is 13.6. The molecule has 0 heterocycles. The lowest BCUT2D eigenvalue weighted by molar-refractivity contribution is -0.125. The predicted octanol–water partition coefficient (Wildman–Crippen LogP) is 5.38. The molecule has 1 saturated carbocycles. The third kappa shape index (κ3) is 4.70. The van der Waals surface area contributed by atoms with E-state index in [1.165, 1.54) is 23.1 Å². The summed E-state index contributed by atoms with van der Waals surface area (Å²) in [5.41, 5.74) is 11.2. The Morgan fingerprint density at radius 1 is 1.12 bits per heavy atom. The van der Waals surface area contributed by atoms with Crippen LogP contribution >= 0.6 is 0 Å². The number of amides is 1. The van der Waals surface area contributed by atoms with Crippen LogP contribution in [0.4, 0.5) is 5.69 Å². The molecule has 0 aliphatic heterocycles. The average molecular weight is 463 g/mol. The van der Waals surface area contributed by atoms with Crippen molar-refractivity contribution in [1.82, 2.24) is 5.32 Å². The highest BCUT2D eigenvalue weighted by molar-refractivity contribution is 5.91. The monoisotopic (exact) mass is 462 g/mol. The number of aryl methyl sites for hydroxylation is 1. The zero-order valence-electron chi connectivity index (χ0n) is 20.9. The first-order valence-corrected chi connectivity index (χ1v) is 12.5. The third-order valence-corrected chi connectivity index (χ3v) is 8.34. The van der Waals surface area contributed by atoms with E-state index in [0.717, 1.165) is 25.7 Å². The molecule has 2 aromatic rings. The molecule has 1 amide bonds. The molecule has 0 saturated heterocycles. The van der Waals surface area contributed by atoms with E-state index < -0.39 is 5.97 Å². The van der Waals surface area contributed by atoms with Gasteiger partial charge in [-0.15, -0.1) is 0 Å². The van der Waals surface area contributed by atoms with Crippen molar-refractivity contribution in [2.75, 3.05) is 18.9 Å². The molecule has 0 aromatic heterocycles. The van der Waals surface area contributed by atoms with Gasteiger partial charge < -0.3 is 15.8 Å². The minimum atomic E-state index is -0.517. The summed E-state index contributed by atoms with van der Waals surface area (Å²) < 4.78 is 5.21. The molecule has 182 valence electrons. The van der Waals surface area contributed by atoms with Gasteiger partial charge in [0.1, 0.15) is 0 Å².